The highest BCUT2D eigenvalue weighted by atomic mass is 32.3. The van der Waals surface area contributed by atoms with Crippen molar-refractivity contribution in [1.82, 2.24) is 0 Å². The second-order valence-electron chi connectivity index (χ2n) is 3.98. The molecule has 0 N–H and O–H groups in total. The van der Waals surface area contributed by atoms with Crippen molar-refractivity contribution in [3.05, 3.63) is 0 Å². The van der Waals surface area contributed by atoms with Crippen LogP contribution < -0.4 is 0 Å². The summed E-state index contributed by atoms with van der Waals surface area (Å²) in [6, 6.07) is 0. The Kier molecular flexibility index (Phi) is 5.58. The zero-order valence-corrected chi connectivity index (χ0v) is 11.8. The van der Waals surface area contributed by atoms with Crippen molar-refractivity contribution in [2.45, 2.75) is 34.7 Å². The monoisotopic (exact) mass is 430 g/mol. The molecule has 0 radical (unpaired) electrons. The number of hydrogen-bond donors (Lipinski definition) is 0. The molecule has 0 heterocycles. The molecule has 0 aliphatic rings. The third-order valence-corrected chi connectivity index (χ3v) is 3.88. The Bertz CT molecular complexity index is 622. The summed E-state index contributed by atoms with van der Waals surface area (Å²) in [5.41, 5.74) is -11.6. The predicted molar refractivity (Wildman–Crippen MR) is 49.6 cm³/mol. The third-order valence-electron chi connectivity index (χ3n) is 2.30. The van der Waals surface area contributed by atoms with Gasteiger partial charge in [-0.15, -0.1) is 7.77 Å². The highest BCUT2D eigenvalue weighted by molar-refractivity contribution is 7.87. The summed E-state index contributed by atoms with van der Waals surface area (Å²) in [5, 5.41) is 0. The van der Waals surface area contributed by atoms with E-state index in [9.17, 15) is 68.5 Å². The van der Waals surface area contributed by atoms with Gasteiger partial charge in [-0.3, -0.25) is 0 Å². The van der Waals surface area contributed by atoms with Crippen molar-refractivity contribution >= 4 is 20.4 Å². The van der Waals surface area contributed by atoms with Gasteiger partial charge in [0.05, 0.1) is 0 Å². The molecule has 0 aromatic carbocycles. The second kappa shape index (κ2) is 5.80. The Balaban J connectivity index is 6.37. The predicted octanol–water partition coefficient (Wildman–Crippen LogP) is 2.72. The molecule has 0 aliphatic heterocycles. The SMILES string of the molecule is O=S(=O)(F)C(F)C(F)(F)C(F)(F)C(F)(F)C(F)(F)C(F)S(=O)(=O)F. The largest absolute Gasteiger partial charge is 0.382 e. The van der Waals surface area contributed by atoms with Crippen LogP contribution in [-0.2, 0) is 20.4 Å². The summed E-state index contributed by atoms with van der Waals surface area (Å²) in [5.74, 6) is -30.6. The van der Waals surface area contributed by atoms with E-state index in [1.165, 1.54) is 0 Å². The van der Waals surface area contributed by atoms with Crippen molar-refractivity contribution in [3.63, 3.8) is 0 Å². The molecule has 2 atom stereocenters. The van der Waals surface area contributed by atoms with Crippen molar-refractivity contribution in [2.24, 2.45) is 0 Å². The van der Waals surface area contributed by atoms with Gasteiger partial charge in [0.25, 0.3) is 11.0 Å². The van der Waals surface area contributed by atoms with Gasteiger partial charge in [-0.25, -0.2) is 8.78 Å². The van der Waals surface area contributed by atoms with Crippen molar-refractivity contribution < 1.29 is 68.5 Å². The molecule has 18 heteroatoms. The van der Waals surface area contributed by atoms with Gasteiger partial charge in [0.15, 0.2) is 0 Å². The summed E-state index contributed by atoms with van der Waals surface area (Å²) in [6.07, 6.45) is 0. The molecular weight excluding hydrogens is 428 g/mol. The van der Waals surface area contributed by atoms with E-state index < -0.39 is 55.1 Å². The quantitative estimate of drug-likeness (QED) is 0.460. The van der Waals surface area contributed by atoms with E-state index in [-0.39, 0.29) is 0 Å². The summed E-state index contributed by atoms with van der Waals surface area (Å²) < 4.78 is 190. The number of alkyl halides is 10. The van der Waals surface area contributed by atoms with Crippen LogP contribution in [0, 0.1) is 0 Å². The van der Waals surface area contributed by atoms with Crippen LogP contribution in [0.1, 0.15) is 0 Å². The lowest BCUT2D eigenvalue weighted by molar-refractivity contribution is -0.374. The molecule has 4 nitrogen and oxygen atoms in total. The van der Waals surface area contributed by atoms with Gasteiger partial charge in [0, 0.05) is 0 Å². The van der Waals surface area contributed by atoms with E-state index in [2.05, 4.69) is 0 Å². The summed E-state index contributed by atoms with van der Waals surface area (Å²) >= 11 is 0. The molecule has 0 rings (SSSR count). The molecular formula is C6H2F12O4S2. The maximum absolute atomic E-state index is 12.9. The van der Waals surface area contributed by atoms with E-state index >= 15 is 0 Å². The average Bonchev–Trinajstić information content (AvgIpc) is 2.33. The van der Waals surface area contributed by atoms with Crippen LogP contribution in [0.15, 0.2) is 0 Å². The van der Waals surface area contributed by atoms with E-state index in [1.807, 2.05) is 0 Å². The maximum atomic E-state index is 12.9. The van der Waals surface area contributed by atoms with Crippen molar-refractivity contribution in [1.29, 1.82) is 0 Å². The second-order valence-corrected chi connectivity index (χ2v) is 6.71. The highest BCUT2D eigenvalue weighted by Crippen LogP contribution is 2.56. The maximum Gasteiger partial charge on any atom is 0.382 e. The summed E-state index contributed by atoms with van der Waals surface area (Å²) in [7, 11) is -14.7. The Morgan fingerprint density at radius 1 is 0.542 bits per heavy atom. The standard InChI is InChI=1S/C6H2F12O4S2/c7-1(23(17,19)20)3(9,10)5(13,14)6(15,16)4(11,12)2(8)24(18,21)22/h1-2H. The van der Waals surface area contributed by atoms with Gasteiger partial charge in [-0.1, -0.05) is 0 Å². The van der Waals surface area contributed by atoms with Gasteiger partial charge in [0.2, 0.25) is 0 Å². The van der Waals surface area contributed by atoms with Crippen LogP contribution >= 0.6 is 0 Å². The van der Waals surface area contributed by atoms with Gasteiger partial charge < -0.3 is 0 Å². The molecule has 146 valence electrons. The third kappa shape index (κ3) is 3.38. The minimum Gasteiger partial charge on any atom is -0.220 e. The molecule has 0 spiro atoms. The fraction of sp³-hybridized carbons (Fsp3) is 1.00. The number of halogens is 12. The first-order valence-electron chi connectivity index (χ1n) is 4.72. The number of rotatable bonds is 7. The topological polar surface area (TPSA) is 68.3 Å². The molecule has 0 saturated heterocycles. The van der Waals surface area contributed by atoms with Crippen molar-refractivity contribution in [3.8, 4) is 0 Å². The fourth-order valence-corrected chi connectivity index (χ4v) is 2.06. The Hall–Kier alpha value is -0.940. The zero-order valence-electron chi connectivity index (χ0n) is 10.1. The molecule has 0 aromatic heterocycles. The lowest BCUT2D eigenvalue weighted by atomic mass is 9.99. The van der Waals surface area contributed by atoms with Crippen LogP contribution in [0.5, 0.6) is 0 Å². The lowest BCUT2D eigenvalue weighted by Crippen LogP contribution is -2.67. The normalized spacial score (nSPS) is 18.3. The molecule has 2 unspecified atom stereocenters. The first kappa shape index (κ1) is 23.1. The minimum absolute atomic E-state index is 5.82. The summed E-state index contributed by atoms with van der Waals surface area (Å²) in [4.78, 5) is 0. The average molecular weight is 430 g/mol. The smallest absolute Gasteiger partial charge is 0.220 e. The fourth-order valence-electron chi connectivity index (χ4n) is 1.06. The number of hydrogen-bond acceptors (Lipinski definition) is 4. The van der Waals surface area contributed by atoms with E-state index in [0.29, 0.717) is 0 Å². The molecule has 0 aromatic rings. The zero-order chi connectivity index (χ0) is 20.2. The van der Waals surface area contributed by atoms with E-state index in [1.54, 1.807) is 0 Å². The van der Waals surface area contributed by atoms with Crippen LogP contribution in [0.4, 0.5) is 51.7 Å². The van der Waals surface area contributed by atoms with Gasteiger partial charge in [0.1, 0.15) is 0 Å². The first-order chi connectivity index (χ1) is 10.1. The van der Waals surface area contributed by atoms with Crippen molar-refractivity contribution in [2.75, 3.05) is 0 Å². The Labute approximate surface area is 124 Å². The molecule has 0 amide bonds. The van der Waals surface area contributed by atoms with E-state index in [0.717, 1.165) is 0 Å². The van der Waals surface area contributed by atoms with Gasteiger partial charge in [-0.05, 0) is 0 Å². The molecule has 0 aliphatic carbocycles. The van der Waals surface area contributed by atoms with Crippen LogP contribution in [0.25, 0.3) is 0 Å². The van der Waals surface area contributed by atoms with Crippen LogP contribution in [0.3, 0.4) is 0 Å². The molecule has 0 saturated carbocycles. The Morgan fingerprint density at radius 2 is 0.708 bits per heavy atom. The van der Waals surface area contributed by atoms with Crippen LogP contribution in [-0.4, -0.2) is 51.5 Å². The Morgan fingerprint density at radius 3 is 0.833 bits per heavy atom. The minimum atomic E-state index is -7.88. The van der Waals surface area contributed by atoms with E-state index in [4.69, 9.17) is 0 Å². The molecule has 0 bridgehead atoms. The summed E-state index contributed by atoms with van der Waals surface area (Å²) in [6.45, 7) is 0. The highest BCUT2D eigenvalue weighted by Gasteiger charge is 2.86. The van der Waals surface area contributed by atoms with Crippen LogP contribution in [0.2, 0.25) is 0 Å². The molecule has 24 heavy (non-hydrogen) atoms. The van der Waals surface area contributed by atoms with Gasteiger partial charge in [-0.2, -0.15) is 52.0 Å². The first-order valence-corrected chi connectivity index (χ1v) is 7.62. The molecule has 0 fully saturated rings. The van der Waals surface area contributed by atoms with Gasteiger partial charge >= 0.3 is 44.1 Å². The lowest BCUT2D eigenvalue weighted by Gasteiger charge is -2.37.